The molecular formula is C31H34ClFN2O6S. The Balaban J connectivity index is 1.16. The summed E-state index contributed by atoms with van der Waals surface area (Å²) in [5, 5.41) is 0.0325. The predicted molar refractivity (Wildman–Crippen MR) is 157 cm³/mol. The van der Waals surface area contributed by atoms with E-state index in [0.717, 1.165) is 76.2 Å². The molecule has 0 atom stereocenters. The van der Waals surface area contributed by atoms with E-state index in [1.54, 1.807) is 0 Å². The van der Waals surface area contributed by atoms with E-state index >= 15 is 0 Å². The van der Waals surface area contributed by atoms with Crippen molar-refractivity contribution in [3.63, 3.8) is 0 Å². The fraction of sp³-hybridized carbons (Fsp3) is 0.387. The van der Waals surface area contributed by atoms with Gasteiger partial charge in [-0.1, -0.05) is 48.7 Å². The maximum Gasteiger partial charge on any atom is 0.268 e. The van der Waals surface area contributed by atoms with Crippen LogP contribution in [0.3, 0.4) is 0 Å². The third kappa shape index (κ3) is 8.01. The van der Waals surface area contributed by atoms with Crippen molar-refractivity contribution < 1.29 is 31.8 Å². The predicted octanol–water partition coefficient (Wildman–Crippen LogP) is 5.58. The van der Waals surface area contributed by atoms with Gasteiger partial charge in [0.2, 0.25) is 0 Å². The van der Waals surface area contributed by atoms with E-state index in [-0.39, 0.29) is 15.7 Å². The second-order valence-corrected chi connectivity index (χ2v) is 12.7. The van der Waals surface area contributed by atoms with E-state index in [1.807, 2.05) is 16.9 Å². The molecule has 0 unspecified atom stereocenters. The van der Waals surface area contributed by atoms with Crippen molar-refractivity contribution in [3.05, 3.63) is 88.2 Å². The number of hydrogen-bond donors (Lipinski definition) is 1. The molecule has 1 aliphatic heterocycles. The minimum absolute atomic E-state index is 0.0325. The van der Waals surface area contributed by atoms with Gasteiger partial charge in [0.25, 0.3) is 15.9 Å². The Hall–Kier alpha value is -3.18. The molecule has 1 amide bonds. The van der Waals surface area contributed by atoms with Crippen LogP contribution >= 0.6 is 11.6 Å². The smallest absolute Gasteiger partial charge is 0.268 e. The standard InChI is InChI=1S/C31H34ClFN2O6S/c32-28-17-27(29(33)18-30(28)41-20-22-4-1-2-5-22)31(36)34-42(37,38)26-10-8-25(9-11-26)40-21-24-7-3-6-23(16-24)19-35-12-14-39-15-13-35/h3,6-11,16-18,22H,1-2,4-5,12-15,19-21H2,(H,34,36). The van der Waals surface area contributed by atoms with Crippen molar-refractivity contribution >= 4 is 27.5 Å². The quantitative estimate of drug-likeness (QED) is 0.301. The summed E-state index contributed by atoms with van der Waals surface area (Å²) >= 11 is 6.22. The van der Waals surface area contributed by atoms with Crippen molar-refractivity contribution in [2.45, 2.75) is 43.7 Å². The number of hydrogen-bond acceptors (Lipinski definition) is 7. The van der Waals surface area contributed by atoms with Gasteiger partial charge in [-0.15, -0.1) is 0 Å². The van der Waals surface area contributed by atoms with Crippen LogP contribution in [0.1, 0.15) is 47.2 Å². The third-order valence-corrected chi connectivity index (χ3v) is 9.13. The molecule has 42 heavy (non-hydrogen) atoms. The highest BCUT2D eigenvalue weighted by atomic mass is 35.5. The average molecular weight is 617 g/mol. The lowest BCUT2D eigenvalue weighted by Crippen LogP contribution is -2.35. The van der Waals surface area contributed by atoms with Crippen LogP contribution < -0.4 is 14.2 Å². The maximum atomic E-state index is 14.8. The number of amides is 1. The molecule has 8 nitrogen and oxygen atoms in total. The maximum absolute atomic E-state index is 14.8. The van der Waals surface area contributed by atoms with Gasteiger partial charge in [-0.3, -0.25) is 9.69 Å². The number of nitrogens with one attached hydrogen (secondary N) is 1. The monoisotopic (exact) mass is 616 g/mol. The molecule has 5 rings (SSSR count). The van der Waals surface area contributed by atoms with Crippen molar-refractivity contribution in [2.24, 2.45) is 5.92 Å². The van der Waals surface area contributed by atoms with Crippen LogP contribution in [0.25, 0.3) is 0 Å². The first-order valence-corrected chi connectivity index (χ1v) is 15.9. The van der Waals surface area contributed by atoms with Gasteiger partial charge in [0.1, 0.15) is 23.9 Å². The van der Waals surface area contributed by atoms with Gasteiger partial charge in [0.05, 0.1) is 35.3 Å². The van der Waals surface area contributed by atoms with Crippen LogP contribution in [0.2, 0.25) is 5.02 Å². The number of carbonyl (C=O) groups excluding carboxylic acids is 1. The molecule has 0 bridgehead atoms. The fourth-order valence-electron chi connectivity index (χ4n) is 5.15. The Morgan fingerprint density at radius 2 is 1.71 bits per heavy atom. The number of carbonyl (C=O) groups is 1. The lowest BCUT2D eigenvalue weighted by Gasteiger charge is -2.26. The number of ether oxygens (including phenoxy) is 3. The molecule has 1 N–H and O–H groups in total. The van der Waals surface area contributed by atoms with E-state index in [1.165, 1.54) is 29.8 Å². The molecule has 1 saturated heterocycles. The zero-order chi connectivity index (χ0) is 29.5. The summed E-state index contributed by atoms with van der Waals surface area (Å²) in [6.45, 7) is 4.85. The summed E-state index contributed by atoms with van der Waals surface area (Å²) in [4.78, 5) is 14.9. The van der Waals surface area contributed by atoms with Crippen LogP contribution in [0.5, 0.6) is 11.5 Å². The second-order valence-electron chi connectivity index (χ2n) is 10.6. The molecular weight excluding hydrogens is 583 g/mol. The van der Waals surface area contributed by atoms with E-state index in [4.69, 9.17) is 25.8 Å². The summed E-state index contributed by atoms with van der Waals surface area (Å²) in [6, 6.07) is 15.9. The molecule has 224 valence electrons. The van der Waals surface area contributed by atoms with Gasteiger partial charge >= 0.3 is 0 Å². The third-order valence-electron chi connectivity index (χ3n) is 7.48. The highest BCUT2D eigenvalue weighted by molar-refractivity contribution is 7.90. The van der Waals surface area contributed by atoms with Crippen molar-refractivity contribution in [1.82, 2.24) is 9.62 Å². The van der Waals surface area contributed by atoms with E-state index in [0.29, 0.717) is 24.9 Å². The molecule has 1 saturated carbocycles. The molecule has 11 heteroatoms. The lowest BCUT2D eigenvalue weighted by molar-refractivity contribution is 0.0342. The van der Waals surface area contributed by atoms with Gasteiger partial charge in [-0.25, -0.2) is 17.5 Å². The molecule has 0 radical (unpaired) electrons. The number of nitrogens with zero attached hydrogens (tertiary/aromatic N) is 1. The van der Waals surface area contributed by atoms with E-state index in [2.05, 4.69) is 17.0 Å². The molecule has 2 fully saturated rings. The van der Waals surface area contributed by atoms with Crippen LogP contribution in [0.15, 0.2) is 65.6 Å². The Kier molecular flexibility index (Phi) is 9.99. The van der Waals surface area contributed by atoms with Crippen LogP contribution in [-0.4, -0.2) is 52.1 Å². The lowest BCUT2D eigenvalue weighted by atomic mass is 10.1. The summed E-state index contributed by atoms with van der Waals surface area (Å²) in [6.07, 6.45) is 4.39. The summed E-state index contributed by atoms with van der Waals surface area (Å²) < 4.78 is 59.3. The highest BCUT2D eigenvalue weighted by Gasteiger charge is 2.23. The molecule has 1 aliphatic carbocycles. The summed E-state index contributed by atoms with van der Waals surface area (Å²) in [7, 11) is -4.28. The molecule has 3 aromatic carbocycles. The molecule has 1 heterocycles. The van der Waals surface area contributed by atoms with Gasteiger partial charge in [-0.2, -0.15) is 0 Å². The summed E-state index contributed by atoms with van der Waals surface area (Å²) in [5.41, 5.74) is 1.67. The normalized spacial score (nSPS) is 16.3. The topological polar surface area (TPSA) is 94.2 Å². The van der Waals surface area contributed by atoms with Gasteiger partial charge < -0.3 is 14.2 Å². The Labute approximate surface area is 250 Å². The number of halogens is 2. The fourth-order valence-corrected chi connectivity index (χ4v) is 6.34. The Bertz CT molecular complexity index is 1490. The van der Waals surface area contributed by atoms with Gasteiger partial charge in [-0.05, 0) is 60.2 Å². The minimum atomic E-state index is -4.28. The van der Waals surface area contributed by atoms with Crippen molar-refractivity contribution in [3.8, 4) is 11.5 Å². The van der Waals surface area contributed by atoms with E-state index in [9.17, 15) is 17.6 Å². The highest BCUT2D eigenvalue weighted by Crippen LogP contribution is 2.31. The number of sulfonamides is 1. The first kappa shape index (κ1) is 30.3. The minimum Gasteiger partial charge on any atom is -0.492 e. The number of rotatable bonds is 11. The molecule has 0 aromatic heterocycles. The Morgan fingerprint density at radius 3 is 2.45 bits per heavy atom. The average Bonchev–Trinajstić information content (AvgIpc) is 3.51. The molecule has 3 aromatic rings. The number of benzene rings is 3. The molecule has 0 spiro atoms. The molecule has 2 aliphatic rings. The largest absolute Gasteiger partial charge is 0.492 e. The first-order chi connectivity index (χ1) is 20.3. The zero-order valence-electron chi connectivity index (χ0n) is 23.2. The van der Waals surface area contributed by atoms with Crippen molar-refractivity contribution in [1.29, 1.82) is 0 Å². The summed E-state index contributed by atoms with van der Waals surface area (Å²) in [5.74, 6) is -1.07. The van der Waals surface area contributed by atoms with Gasteiger partial charge in [0.15, 0.2) is 0 Å². The SMILES string of the molecule is O=C(NS(=O)(=O)c1ccc(OCc2cccc(CN3CCOCC3)c2)cc1)c1cc(Cl)c(OCC2CCCC2)cc1F. The second kappa shape index (κ2) is 13.9. The number of morpholine rings is 1. The van der Waals surface area contributed by atoms with Crippen LogP contribution in [-0.2, 0) is 27.9 Å². The zero-order valence-corrected chi connectivity index (χ0v) is 24.8. The van der Waals surface area contributed by atoms with Crippen LogP contribution in [0.4, 0.5) is 4.39 Å². The van der Waals surface area contributed by atoms with Crippen molar-refractivity contribution in [2.75, 3.05) is 32.9 Å². The van der Waals surface area contributed by atoms with E-state index < -0.39 is 27.3 Å². The van der Waals surface area contributed by atoms with Gasteiger partial charge in [0, 0.05) is 25.7 Å². The van der Waals surface area contributed by atoms with Crippen LogP contribution in [0, 0.1) is 11.7 Å². The first-order valence-electron chi connectivity index (χ1n) is 14.1. The Morgan fingerprint density at radius 1 is 1.00 bits per heavy atom.